The number of phenols is 1. The number of methoxy groups -OCH3 is 1. The predicted octanol–water partition coefficient (Wildman–Crippen LogP) is -3.42. The lowest BCUT2D eigenvalue weighted by molar-refractivity contribution is -0.383. The van der Waals surface area contributed by atoms with Gasteiger partial charge in [-0.25, -0.2) is 4.79 Å². The standard InChI is InChI=1S/C22H30O14/c1-32-12-6-10(2-4-11(12)25)3-5-15(26)33-8-14-17(28)20(31)22(9-24,35-14)36-21-19(30)18(29)16(27)13(7-23)34-21/h2-6,13-14,16-21,23-25,27-31H,7-9H2,1H3/b5-3+/t13-,14+,16+,17-,18+,19+,20-,21+,22+/m0/s1. The first-order valence-electron chi connectivity index (χ1n) is 10.9. The second kappa shape index (κ2) is 11.8. The molecule has 2 saturated heterocycles. The molecular formula is C22H30O14. The van der Waals surface area contributed by atoms with Gasteiger partial charge in [-0.15, -0.1) is 0 Å². The third-order valence-corrected chi connectivity index (χ3v) is 5.90. The SMILES string of the molecule is COc1cc(/C=C/C(=O)OC[C@H]2O[C@](CO)(O[C@H]3O[C@@H](CO)[C@@H](O)[C@@H](O)[C@H]3O)[C@@H](O)[C@H]2O)ccc1O. The minimum atomic E-state index is -2.36. The van der Waals surface area contributed by atoms with Gasteiger partial charge in [-0.05, 0) is 23.8 Å². The van der Waals surface area contributed by atoms with Crippen molar-refractivity contribution in [1.29, 1.82) is 0 Å². The maximum Gasteiger partial charge on any atom is 0.330 e. The number of benzene rings is 1. The van der Waals surface area contributed by atoms with Crippen LogP contribution >= 0.6 is 0 Å². The van der Waals surface area contributed by atoms with Crippen LogP contribution in [0.25, 0.3) is 6.08 Å². The Balaban J connectivity index is 1.63. The van der Waals surface area contributed by atoms with Gasteiger partial charge in [0.2, 0.25) is 5.79 Å². The molecular weight excluding hydrogens is 488 g/mol. The molecule has 0 unspecified atom stereocenters. The minimum Gasteiger partial charge on any atom is -0.504 e. The smallest absolute Gasteiger partial charge is 0.330 e. The molecule has 3 rings (SSSR count). The molecule has 202 valence electrons. The van der Waals surface area contributed by atoms with E-state index in [1.807, 2.05) is 0 Å². The predicted molar refractivity (Wildman–Crippen MR) is 116 cm³/mol. The Morgan fingerprint density at radius 1 is 1.06 bits per heavy atom. The number of esters is 1. The molecule has 2 fully saturated rings. The number of rotatable bonds is 9. The van der Waals surface area contributed by atoms with E-state index < -0.39 is 80.6 Å². The van der Waals surface area contributed by atoms with Crippen LogP contribution in [0.4, 0.5) is 0 Å². The minimum absolute atomic E-state index is 0.0820. The average molecular weight is 518 g/mol. The van der Waals surface area contributed by atoms with E-state index in [9.17, 15) is 45.6 Å². The number of ether oxygens (including phenoxy) is 5. The third kappa shape index (κ3) is 5.78. The number of carbonyl (C=O) groups excluding carboxylic acids is 1. The van der Waals surface area contributed by atoms with E-state index in [-0.39, 0.29) is 11.5 Å². The van der Waals surface area contributed by atoms with Crippen molar-refractivity contribution in [3.63, 3.8) is 0 Å². The number of aromatic hydroxyl groups is 1. The molecule has 0 aliphatic carbocycles. The van der Waals surface area contributed by atoms with Crippen LogP contribution in [0.5, 0.6) is 11.5 Å². The third-order valence-electron chi connectivity index (χ3n) is 5.90. The van der Waals surface area contributed by atoms with Crippen LogP contribution in [0.15, 0.2) is 24.3 Å². The van der Waals surface area contributed by atoms with Gasteiger partial charge in [0, 0.05) is 6.08 Å². The quantitative estimate of drug-likeness (QED) is 0.118. The van der Waals surface area contributed by atoms with Gasteiger partial charge in [0.05, 0.1) is 13.7 Å². The highest BCUT2D eigenvalue weighted by atomic mass is 16.8. The van der Waals surface area contributed by atoms with E-state index in [4.69, 9.17) is 23.7 Å². The lowest BCUT2D eigenvalue weighted by atomic mass is 9.99. The molecule has 0 radical (unpaired) electrons. The van der Waals surface area contributed by atoms with E-state index in [2.05, 4.69) is 0 Å². The van der Waals surface area contributed by atoms with Gasteiger partial charge in [-0.2, -0.15) is 0 Å². The fraction of sp³-hybridized carbons (Fsp3) is 0.591. The fourth-order valence-corrected chi connectivity index (χ4v) is 3.79. The lowest BCUT2D eigenvalue weighted by Gasteiger charge is -2.43. The fourth-order valence-electron chi connectivity index (χ4n) is 3.79. The summed E-state index contributed by atoms with van der Waals surface area (Å²) in [5.41, 5.74) is 0.515. The summed E-state index contributed by atoms with van der Waals surface area (Å²) < 4.78 is 26.0. The molecule has 14 heteroatoms. The molecule has 14 nitrogen and oxygen atoms in total. The first kappa shape index (κ1) is 28.2. The normalized spacial score (nSPS) is 36.8. The van der Waals surface area contributed by atoms with Gasteiger partial charge in [-0.1, -0.05) is 6.07 Å². The summed E-state index contributed by atoms with van der Waals surface area (Å²) in [5.74, 6) is -3.09. The second-order valence-corrected chi connectivity index (χ2v) is 8.27. The highest BCUT2D eigenvalue weighted by Crippen LogP contribution is 2.36. The summed E-state index contributed by atoms with van der Waals surface area (Å²) in [6.07, 6.45) is -11.0. The highest BCUT2D eigenvalue weighted by molar-refractivity contribution is 5.87. The zero-order valence-corrected chi connectivity index (χ0v) is 19.2. The molecule has 1 aromatic rings. The van der Waals surface area contributed by atoms with E-state index in [1.54, 1.807) is 0 Å². The Morgan fingerprint density at radius 2 is 1.78 bits per heavy atom. The number of aliphatic hydroxyl groups excluding tert-OH is 7. The molecule has 2 aliphatic heterocycles. The Kier molecular flexibility index (Phi) is 9.23. The molecule has 2 heterocycles. The van der Waals surface area contributed by atoms with Crippen LogP contribution in [0, 0.1) is 0 Å². The Morgan fingerprint density at radius 3 is 2.42 bits per heavy atom. The molecule has 36 heavy (non-hydrogen) atoms. The van der Waals surface area contributed by atoms with Gasteiger partial charge >= 0.3 is 5.97 Å². The molecule has 0 amide bonds. The van der Waals surface area contributed by atoms with Crippen molar-refractivity contribution < 1.29 is 69.3 Å². The molecule has 0 spiro atoms. The van der Waals surface area contributed by atoms with Gasteiger partial charge in [0.1, 0.15) is 55.9 Å². The van der Waals surface area contributed by atoms with Gasteiger partial charge < -0.3 is 64.5 Å². The maximum atomic E-state index is 12.1. The van der Waals surface area contributed by atoms with E-state index in [0.717, 1.165) is 6.08 Å². The van der Waals surface area contributed by atoms with E-state index in [0.29, 0.717) is 5.56 Å². The molecule has 0 bridgehead atoms. The number of aliphatic hydroxyl groups is 7. The molecule has 8 N–H and O–H groups in total. The topological polar surface area (TPSA) is 225 Å². The first-order chi connectivity index (χ1) is 17.1. The van der Waals surface area contributed by atoms with Crippen molar-refractivity contribution in [2.75, 3.05) is 26.9 Å². The molecule has 2 aliphatic rings. The summed E-state index contributed by atoms with van der Waals surface area (Å²) in [7, 11) is 1.37. The summed E-state index contributed by atoms with van der Waals surface area (Å²) in [6, 6.07) is 4.37. The monoisotopic (exact) mass is 518 g/mol. The molecule has 0 aromatic heterocycles. The summed E-state index contributed by atoms with van der Waals surface area (Å²) in [6.45, 7) is -2.36. The van der Waals surface area contributed by atoms with Crippen molar-refractivity contribution in [3.05, 3.63) is 29.8 Å². The molecule has 1 aromatic carbocycles. The number of carbonyl (C=O) groups is 1. The summed E-state index contributed by atoms with van der Waals surface area (Å²) in [5, 5.41) is 79.6. The first-order valence-corrected chi connectivity index (χ1v) is 10.9. The van der Waals surface area contributed by atoms with Crippen LogP contribution in [0.2, 0.25) is 0 Å². The van der Waals surface area contributed by atoms with Crippen LogP contribution < -0.4 is 4.74 Å². The molecule has 0 saturated carbocycles. The summed E-state index contributed by atoms with van der Waals surface area (Å²) in [4.78, 5) is 12.1. The van der Waals surface area contributed by atoms with Crippen molar-refractivity contribution in [2.45, 2.75) is 54.8 Å². The lowest BCUT2D eigenvalue weighted by Crippen LogP contribution is -2.62. The van der Waals surface area contributed by atoms with Gasteiger partial charge in [0.15, 0.2) is 17.8 Å². The maximum absolute atomic E-state index is 12.1. The van der Waals surface area contributed by atoms with Crippen molar-refractivity contribution in [2.24, 2.45) is 0 Å². The number of hydrogen-bond acceptors (Lipinski definition) is 14. The van der Waals surface area contributed by atoms with E-state index >= 15 is 0 Å². The highest BCUT2D eigenvalue weighted by Gasteiger charge is 2.58. The Hall–Kier alpha value is -2.37. The number of phenolic OH excluding ortho intramolecular Hbond substituents is 1. The van der Waals surface area contributed by atoms with E-state index in [1.165, 1.54) is 31.4 Å². The largest absolute Gasteiger partial charge is 0.504 e. The van der Waals surface area contributed by atoms with Crippen LogP contribution in [0.3, 0.4) is 0 Å². The van der Waals surface area contributed by atoms with Gasteiger partial charge in [-0.3, -0.25) is 0 Å². The number of hydrogen-bond donors (Lipinski definition) is 8. The Labute approximate surface area is 205 Å². The summed E-state index contributed by atoms with van der Waals surface area (Å²) >= 11 is 0. The van der Waals surface area contributed by atoms with Crippen LogP contribution in [-0.2, 0) is 23.7 Å². The van der Waals surface area contributed by atoms with Crippen molar-refractivity contribution >= 4 is 12.0 Å². The Bertz CT molecular complexity index is 922. The second-order valence-electron chi connectivity index (χ2n) is 8.27. The van der Waals surface area contributed by atoms with Crippen molar-refractivity contribution in [3.8, 4) is 11.5 Å². The molecule has 9 atom stereocenters. The van der Waals surface area contributed by atoms with Crippen molar-refractivity contribution in [1.82, 2.24) is 0 Å². The van der Waals surface area contributed by atoms with Crippen LogP contribution in [0.1, 0.15) is 5.56 Å². The zero-order chi connectivity index (χ0) is 26.6. The van der Waals surface area contributed by atoms with Crippen LogP contribution in [-0.4, -0.2) is 129 Å². The average Bonchev–Trinajstić information content (AvgIpc) is 3.12. The zero-order valence-electron chi connectivity index (χ0n) is 19.2. The van der Waals surface area contributed by atoms with Gasteiger partial charge in [0.25, 0.3) is 0 Å².